The van der Waals surface area contributed by atoms with E-state index in [1.54, 1.807) is 29.2 Å². The molecule has 0 radical (unpaired) electrons. The van der Waals surface area contributed by atoms with Gasteiger partial charge in [0.1, 0.15) is 5.75 Å². The summed E-state index contributed by atoms with van der Waals surface area (Å²) in [5.74, 6) is -0.340. The number of anilines is 2. The van der Waals surface area contributed by atoms with Crippen LogP contribution in [-0.4, -0.2) is 30.9 Å². The molecule has 7 nitrogen and oxygen atoms in total. The minimum atomic E-state index is -0.393. The molecule has 1 aliphatic heterocycles. The van der Waals surface area contributed by atoms with Gasteiger partial charge >= 0.3 is 0 Å². The minimum absolute atomic E-state index is 0.0913. The third-order valence-electron chi connectivity index (χ3n) is 5.83. The Labute approximate surface area is 205 Å². The van der Waals surface area contributed by atoms with Crippen molar-refractivity contribution in [3.05, 3.63) is 89.5 Å². The molecule has 0 aromatic heterocycles. The number of carbonyl (C=O) groups is 3. The first-order valence-corrected chi connectivity index (χ1v) is 11.6. The van der Waals surface area contributed by atoms with E-state index >= 15 is 0 Å². The third-order valence-corrected chi connectivity index (χ3v) is 5.83. The van der Waals surface area contributed by atoms with E-state index in [2.05, 4.69) is 10.6 Å². The summed E-state index contributed by atoms with van der Waals surface area (Å²) in [5, 5.41) is 5.75. The zero-order valence-electron chi connectivity index (χ0n) is 19.9. The van der Waals surface area contributed by atoms with Crippen LogP contribution in [0.5, 0.6) is 5.75 Å². The molecule has 7 heteroatoms. The Kier molecular flexibility index (Phi) is 7.45. The van der Waals surface area contributed by atoms with Gasteiger partial charge in [-0.15, -0.1) is 0 Å². The van der Waals surface area contributed by atoms with Gasteiger partial charge in [0.2, 0.25) is 11.8 Å². The second kappa shape index (κ2) is 10.9. The molecule has 2 N–H and O–H groups in total. The summed E-state index contributed by atoms with van der Waals surface area (Å²) >= 11 is 0. The van der Waals surface area contributed by atoms with Crippen LogP contribution in [0.25, 0.3) is 0 Å². The number of amides is 3. The predicted molar refractivity (Wildman–Crippen MR) is 135 cm³/mol. The third kappa shape index (κ3) is 6.47. The van der Waals surface area contributed by atoms with E-state index < -0.39 is 5.92 Å². The number of carbonyl (C=O) groups excluding carboxylic acids is 3. The minimum Gasteiger partial charge on any atom is -0.484 e. The largest absolute Gasteiger partial charge is 0.484 e. The van der Waals surface area contributed by atoms with Crippen LogP contribution in [0, 0.1) is 19.8 Å². The summed E-state index contributed by atoms with van der Waals surface area (Å²) in [4.78, 5) is 39.0. The monoisotopic (exact) mass is 471 g/mol. The van der Waals surface area contributed by atoms with Crippen LogP contribution < -0.4 is 20.3 Å². The van der Waals surface area contributed by atoms with E-state index in [4.69, 9.17) is 4.74 Å². The van der Waals surface area contributed by atoms with E-state index in [1.165, 1.54) is 0 Å². The number of hydrogen-bond acceptors (Lipinski definition) is 4. The molecule has 1 saturated heterocycles. The van der Waals surface area contributed by atoms with Gasteiger partial charge in [-0.3, -0.25) is 14.4 Å². The lowest BCUT2D eigenvalue weighted by Crippen LogP contribution is -2.32. The van der Waals surface area contributed by atoms with E-state index in [1.807, 2.05) is 62.4 Å². The highest BCUT2D eigenvalue weighted by Gasteiger charge is 2.35. The number of ether oxygens (including phenoxy) is 1. The van der Waals surface area contributed by atoms with Gasteiger partial charge in [-0.1, -0.05) is 36.4 Å². The number of nitrogens with one attached hydrogen (secondary N) is 2. The molecular formula is C28H29N3O4. The standard InChI is InChI=1S/C28H29N3O4/c1-19-12-20(2)14-23(13-19)30-26(32)18-35-25-10-8-24(9-11-25)31-17-22(15-27(31)33)28(34)29-16-21-6-4-3-5-7-21/h3-14,22H,15-18H2,1-2H3,(H,29,34)(H,30,32). The van der Waals surface area contributed by atoms with E-state index in [0.29, 0.717) is 24.5 Å². The van der Waals surface area contributed by atoms with Crippen LogP contribution in [-0.2, 0) is 20.9 Å². The Hall–Kier alpha value is -4.13. The Morgan fingerprint density at radius 1 is 0.971 bits per heavy atom. The summed E-state index contributed by atoms with van der Waals surface area (Å²) in [7, 11) is 0. The number of rotatable bonds is 8. The fourth-order valence-electron chi connectivity index (χ4n) is 4.18. The summed E-state index contributed by atoms with van der Waals surface area (Å²) in [6, 6.07) is 22.5. The van der Waals surface area contributed by atoms with Gasteiger partial charge in [0.15, 0.2) is 6.61 Å². The van der Waals surface area contributed by atoms with Crippen molar-refractivity contribution in [1.29, 1.82) is 0 Å². The number of benzene rings is 3. The Morgan fingerprint density at radius 3 is 2.34 bits per heavy atom. The average Bonchev–Trinajstić information content (AvgIpc) is 3.23. The maximum Gasteiger partial charge on any atom is 0.262 e. The lowest BCUT2D eigenvalue weighted by Gasteiger charge is -2.17. The summed E-state index contributed by atoms with van der Waals surface area (Å²) in [6.07, 6.45) is 0.178. The van der Waals surface area contributed by atoms with E-state index in [9.17, 15) is 14.4 Å². The Balaban J connectivity index is 1.27. The normalized spacial score (nSPS) is 15.1. The van der Waals surface area contributed by atoms with Crippen molar-refractivity contribution in [2.45, 2.75) is 26.8 Å². The van der Waals surface area contributed by atoms with Gasteiger partial charge in [0.05, 0.1) is 5.92 Å². The zero-order valence-corrected chi connectivity index (χ0v) is 19.9. The molecule has 1 aliphatic rings. The van der Waals surface area contributed by atoms with Crippen molar-refractivity contribution in [3.63, 3.8) is 0 Å². The highest BCUT2D eigenvalue weighted by atomic mass is 16.5. The van der Waals surface area contributed by atoms with Gasteiger partial charge in [-0.25, -0.2) is 0 Å². The molecule has 3 amide bonds. The lowest BCUT2D eigenvalue weighted by molar-refractivity contribution is -0.126. The number of nitrogens with zero attached hydrogens (tertiary/aromatic N) is 1. The summed E-state index contributed by atoms with van der Waals surface area (Å²) in [5.41, 5.74) is 4.59. The lowest BCUT2D eigenvalue weighted by atomic mass is 10.1. The summed E-state index contributed by atoms with van der Waals surface area (Å²) < 4.78 is 5.60. The molecule has 35 heavy (non-hydrogen) atoms. The molecule has 1 unspecified atom stereocenters. The molecule has 1 atom stereocenters. The molecule has 1 heterocycles. The molecule has 0 bridgehead atoms. The van der Waals surface area contributed by atoms with E-state index in [-0.39, 0.29) is 30.7 Å². The van der Waals surface area contributed by atoms with Gasteiger partial charge in [0.25, 0.3) is 5.91 Å². The van der Waals surface area contributed by atoms with Gasteiger partial charge < -0.3 is 20.3 Å². The Morgan fingerprint density at radius 2 is 1.66 bits per heavy atom. The van der Waals surface area contributed by atoms with Crippen LogP contribution >= 0.6 is 0 Å². The van der Waals surface area contributed by atoms with Crippen LogP contribution in [0.3, 0.4) is 0 Å². The van der Waals surface area contributed by atoms with Crippen molar-refractivity contribution in [2.75, 3.05) is 23.4 Å². The molecule has 1 fully saturated rings. The molecule has 3 aromatic rings. The fourth-order valence-corrected chi connectivity index (χ4v) is 4.18. The van der Waals surface area contributed by atoms with Crippen molar-refractivity contribution in [1.82, 2.24) is 5.32 Å². The first kappa shape index (κ1) is 24.0. The first-order valence-electron chi connectivity index (χ1n) is 11.6. The maximum atomic E-state index is 12.6. The number of aryl methyl sites for hydroxylation is 2. The molecule has 0 aliphatic carbocycles. The highest BCUT2D eigenvalue weighted by molar-refractivity contribution is 6.00. The topological polar surface area (TPSA) is 87.7 Å². The SMILES string of the molecule is Cc1cc(C)cc(NC(=O)COc2ccc(N3CC(C(=O)NCc4ccccc4)CC3=O)cc2)c1. The van der Waals surface area contributed by atoms with Gasteiger partial charge in [-0.2, -0.15) is 0 Å². The quantitative estimate of drug-likeness (QED) is 0.520. The van der Waals surface area contributed by atoms with Crippen molar-refractivity contribution >= 4 is 29.1 Å². The van der Waals surface area contributed by atoms with Gasteiger partial charge in [-0.05, 0) is 66.9 Å². The molecule has 180 valence electrons. The molecular weight excluding hydrogens is 442 g/mol. The zero-order chi connectivity index (χ0) is 24.8. The van der Waals surface area contributed by atoms with Crippen molar-refractivity contribution in [2.24, 2.45) is 5.92 Å². The summed E-state index contributed by atoms with van der Waals surface area (Å²) in [6.45, 7) is 4.60. The maximum absolute atomic E-state index is 12.6. The predicted octanol–water partition coefficient (Wildman–Crippen LogP) is 3.99. The van der Waals surface area contributed by atoms with Crippen molar-refractivity contribution < 1.29 is 19.1 Å². The molecule has 4 rings (SSSR count). The van der Waals surface area contributed by atoms with Crippen LogP contribution in [0.2, 0.25) is 0 Å². The second-order valence-corrected chi connectivity index (χ2v) is 8.82. The molecule has 3 aromatic carbocycles. The van der Waals surface area contributed by atoms with Crippen LogP contribution in [0.4, 0.5) is 11.4 Å². The smallest absolute Gasteiger partial charge is 0.262 e. The Bertz CT molecular complexity index is 1190. The van der Waals surface area contributed by atoms with Gasteiger partial charge in [0, 0.05) is 30.9 Å². The average molecular weight is 472 g/mol. The molecule has 0 saturated carbocycles. The first-order chi connectivity index (χ1) is 16.9. The number of hydrogen-bond donors (Lipinski definition) is 2. The second-order valence-electron chi connectivity index (χ2n) is 8.82. The van der Waals surface area contributed by atoms with Crippen molar-refractivity contribution in [3.8, 4) is 5.75 Å². The fraction of sp³-hybridized carbons (Fsp3) is 0.250. The molecule has 0 spiro atoms. The van der Waals surface area contributed by atoms with Crippen LogP contribution in [0.1, 0.15) is 23.1 Å². The van der Waals surface area contributed by atoms with E-state index in [0.717, 1.165) is 22.4 Å². The highest BCUT2D eigenvalue weighted by Crippen LogP contribution is 2.27. The van der Waals surface area contributed by atoms with Crippen LogP contribution in [0.15, 0.2) is 72.8 Å².